The van der Waals surface area contributed by atoms with E-state index in [1.807, 2.05) is 12.1 Å². The fourth-order valence-electron chi connectivity index (χ4n) is 3.01. The van der Waals surface area contributed by atoms with E-state index in [2.05, 4.69) is 5.32 Å². The van der Waals surface area contributed by atoms with Crippen LogP contribution in [0.5, 0.6) is 0 Å². The van der Waals surface area contributed by atoms with Gasteiger partial charge in [-0.3, -0.25) is 4.79 Å². The Balaban J connectivity index is 1.55. The number of esters is 1. The number of hydrogen-bond donors (Lipinski definition) is 2. The highest BCUT2D eigenvalue weighted by atomic mass is 19.1. The molecule has 1 amide bonds. The van der Waals surface area contributed by atoms with Crippen LogP contribution in [-0.2, 0) is 20.8 Å². The number of rotatable bonds is 6. The van der Waals surface area contributed by atoms with E-state index in [4.69, 9.17) is 9.47 Å². The summed E-state index contributed by atoms with van der Waals surface area (Å²) in [6.45, 7) is 5.55. The Kier molecular flexibility index (Phi) is 6.90. The molecule has 1 fully saturated rings. The molecule has 6 nitrogen and oxygen atoms in total. The van der Waals surface area contributed by atoms with Gasteiger partial charge in [0.05, 0.1) is 18.8 Å². The van der Waals surface area contributed by atoms with E-state index < -0.39 is 35.3 Å². The predicted molar refractivity (Wildman–Crippen MR) is 102 cm³/mol. The SMILES string of the molecule is C[C@@H](OC(=O)c1ccc(C[NH+]2CCOCC2)cc1)C(=O)Nc1c(F)cccc1F. The normalized spacial score (nSPS) is 15.6. The standard InChI is InChI=1S/C21H22F2N2O4/c1-14(20(26)24-19-17(22)3-2-4-18(19)23)29-21(27)16-7-5-15(6-8-16)13-25-9-11-28-12-10-25/h2-8,14H,9-13H2,1H3,(H,24,26)/p+1/t14-/m1/s1. The molecular weight excluding hydrogens is 382 g/mol. The minimum atomic E-state index is -1.22. The Morgan fingerprint density at radius 3 is 2.34 bits per heavy atom. The van der Waals surface area contributed by atoms with Gasteiger partial charge in [-0.05, 0) is 31.2 Å². The maximum Gasteiger partial charge on any atom is 0.338 e. The van der Waals surface area contributed by atoms with Gasteiger partial charge >= 0.3 is 5.97 Å². The van der Waals surface area contributed by atoms with Crippen LogP contribution in [-0.4, -0.2) is 44.3 Å². The van der Waals surface area contributed by atoms with Crippen molar-refractivity contribution in [2.24, 2.45) is 0 Å². The van der Waals surface area contributed by atoms with Gasteiger partial charge in [0.15, 0.2) is 6.10 Å². The second kappa shape index (κ2) is 9.58. The van der Waals surface area contributed by atoms with Crippen LogP contribution < -0.4 is 10.2 Å². The minimum absolute atomic E-state index is 0.294. The lowest BCUT2D eigenvalue weighted by Gasteiger charge is -2.23. The van der Waals surface area contributed by atoms with Crippen molar-refractivity contribution in [3.8, 4) is 0 Å². The van der Waals surface area contributed by atoms with E-state index in [1.54, 1.807) is 12.1 Å². The van der Waals surface area contributed by atoms with Crippen LogP contribution in [0.3, 0.4) is 0 Å². The Hall–Kier alpha value is -2.84. The van der Waals surface area contributed by atoms with E-state index in [0.717, 1.165) is 50.5 Å². The van der Waals surface area contributed by atoms with Crippen molar-refractivity contribution < 1.29 is 32.7 Å². The van der Waals surface area contributed by atoms with Crippen LogP contribution in [0.1, 0.15) is 22.8 Å². The molecule has 0 bridgehead atoms. The number of carbonyl (C=O) groups excluding carboxylic acids is 2. The summed E-state index contributed by atoms with van der Waals surface area (Å²) in [5.41, 5.74) is 0.803. The van der Waals surface area contributed by atoms with E-state index in [-0.39, 0.29) is 0 Å². The first kappa shape index (κ1) is 20.9. The molecule has 0 aliphatic carbocycles. The maximum absolute atomic E-state index is 13.6. The molecule has 0 saturated carbocycles. The van der Waals surface area contributed by atoms with Crippen molar-refractivity contribution in [1.29, 1.82) is 0 Å². The van der Waals surface area contributed by atoms with Crippen molar-refractivity contribution in [3.63, 3.8) is 0 Å². The van der Waals surface area contributed by atoms with E-state index in [9.17, 15) is 18.4 Å². The van der Waals surface area contributed by atoms with Gasteiger partial charge in [-0.15, -0.1) is 0 Å². The average Bonchev–Trinajstić information content (AvgIpc) is 2.72. The molecule has 29 heavy (non-hydrogen) atoms. The fraction of sp³-hybridized carbons (Fsp3) is 0.333. The Morgan fingerprint density at radius 2 is 1.72 bits per heavy atom. The second-order valence-corrected chi connectivity index (χ2v) is 6.87. The molecule has 1 aliphatic rings. The van der Waals surface area contributed by atoms with Crippen LogP contribution in [0.15, 0.2) is 42.5 Å². The maximum atomic E-state index is 13.6. The van der Waals surface area contributed by atoms with Gasteiger partial charge in [-0.1, -0.05) is 18.2 Å². The topological polar surface area (TPSA) is 69.1 Å². The second-order valence-electron chi connectivity index (χ2n) is 6.87. The number of quaternary nitrogens is 1. The number of benzene rings is 2. The number of halogens is 2. The smallest absolute Gasteiger partial charge is 0.338 e. The van der Waals surface area contributed by atoms with E-state index in [1.165, 1.54) is 17.9 Å². The fourth-order valence-corrected chi connectivity index (χ4v) is 3.01. The van der Waals surface area contributed by atoms with Crippen LogP contribution >= 0.6 is 0 Å². The number of carbonyl (C=O) groups is 2. The van der Waals surface area contributed by atoms with Crippen molar-refractivity contribution in [2.45, 2.75) is 19.6 Å². The molecule has 1 aliphatic heterocycles. The minimum Gasteiger partial charge on any atom is -0.449 e. The van der Waals surface area contributed by atoms with E-state index >= 15 is 0 Å². The molecule has 1 saturated heterocycles. The van der Waals surface area contributed by atoms with Crippen molar-refractivity contribution in [2.75, 3.05) is 31.6 Å². The molecule has 2 N–H and O–H groups in total. The third-order valence-electron chi connectivity index (χ3n) is 4.71. The summed E-state index contributed by atoms with van der Waals surface area (Å²) in [5.74, 6) is -3.33. The van der Waals surface area contributed by atoms with Crippen LogP contribution in [0.25, 0.3) is 0 Å². The predicted octanol–water partition coefficient (Wildman–Crippen LogP) is 1.56. The first-order valence-corrected chi connectivity index (χ1v) is 9.40. The largest absolute Gasteiger partial charge is 0.449 e. The molecule has 0 spiro atoms. The highest BCUT2D eigenvalue weighted by Crippen LogP contribution is 2.18. The summed E-state index contributed by atoms with van der Waals surface area (Å²) < 4.78 is 37.7. The van der Waals surface area contributed by atoms with Gasteiger partial charge in [0, 0.05) is 5.56 Å². The molecule has 154 valence electrons. The molecule has 2 aromatic rings. The lowest BCUT2D eigenvalue weighted by Crippen LogP contribution is -3.12. The molecule has 0 unspecified atom stereocenters. The zero-order valence-electron chi connectivity index (χ0n) is 16.0. The van der Waals surface area contributed by atoms with Gasteiger partial charge in [-0.2, -0.15) is 0 Å². The first-order valence-electron chi connectivity index (χ1n) is 9.40. The summed E-state index contributed by atoms with van der Waals surface area (Å²) >= 11 is 0. The molecule has 1 heterocycles. The zero-order valence-corrected chi connectivity index (χ0v) is 16.0. The molecule has 8 heteroatoms. The number of nitrogens with one attached hydrogen (secondary N) is 2. The van der Waals surface area contributed by atoms with E-state index in [0.29, 0.717) is 5.56 Å². The molecule has 2 aromatic carbocycles. The van der Waals surface area contributed by atoms with Gasteiger partial charge in [0.25, 0.3) is 5.91 Å². The number of ether oxygens (including phenoxy) is 2. The third-order valence-corrected chi connectivity index (χ3v) is 4.71. The van der Waals surface area contributed by atoms with Crippen LogP contribution in [0.2, 0.25) is 0 Å². The number of morpholine rings is 1. The molecule has 0 aromatic heterocycles. The van der Waals surface area contributed by atoms with Gasteiger partial charge in [0.2, 0.25) is 0 Å². The number of hydrogen-bond acceptors (Lipinski definition) is 4. The summed E-state index contributed by atoms with van der Waals surface area (Å²) in [6, 6.07) is 10.2. The van der Waals surface area contributed by atoms with Gasteiger partial charge < -0.3 is 19.7 Å². The van der Waals surface area contributed by atoms with Gasteiger partial charge in [-0.25, -0.2) is 13.6 Å². The highest BCUT2D eigenvalue weighted by molar-refractivity contribution is 5.97. The molecule has 3 rings (SSSR count). The number of para-hydroxylation sites is 1. The monoisotopic (exact) mass is 405 g/mol. The quantitative estimate of drug-likeness (QED) is 0.716. The third kappa shape index (κ3) is 5.58. The van der Waals surface area contributed by atoms with Crippen molar-refractivity contribution in [3.05, 3.63) is 65.2 Å². The lowest BCUT2D eigenvalue weighted by atomic mass is 10.1. The number of anilines is 1. The summed E-state index contributed by atoms with van der Waals surface area (Å²) in [4.78, 5) is 25.8. The number of amides is 1. The summed E-state index contributed by atoms with van der Waals surface area (Å²) in [5, 5.41) is 2.11. The Labute approximate surface area is 167 Å². The van der Waals surface area contributed by atoms with Crippen molar-refractivity contribution in [1.82, 2.24) is 0 Å². The molecular formula is C21H23F2N2O4+. The highest BCUT2D eigenvalue weighted by Gasteiger charge is 2.22. The summed E-state index contributed by atoms with van der Waals surface area (Å²) in [7, 11) is 0. The lowest BCUT2D eigenvalue weighted by molar-refractivity contribution is -0.921. The zero-order chi connectivity index (χ0) is 20.8. The first-order chi connectivity index (χ1) is 13.9. The van der Waals surface area contributed by atoms with Gasteiger partial charge in [0.1, 0.15) is 37.0 Å². The summed E-state index contributed by atoms with van der Waals surface area (Å²) in [6.07, 6.45) is -1.22. The average molecular weight is 405 g/mol. The Bertz CT molecular complexity index is 847. The van der Waals surface area contributed by atoms with Crippen LogP contribution in [0, 0.1) is 11.6 Å². The van der Waals surface area contributed by atoms with Crippen molar-refractivity contribution >= 4 is 17.6 Å². The molecule has 1 atom stereocenters. The Morgan fingerprint density at radius 1 is 1.10 bits per heavy atom. The molecule has 0 radical (unpaired) electrons. The van der Waals surface area contributed by atoms with Crippen LogP contribution in [0.4, 0.5) is 14.5 Å².